The van der Waals surface area contributed by atoms with Gasteiger partial charge in [-0.15, -0.1) is 0 Å². The van der Waals surface area contributed by atoms with Gasteiger partial charge in [0.2, 0.25) is 5.95 Å². The summed E-state index contributed by atoms with van der Waals surface area (Å²) in [5, 5.41) is 8.35. The van der Waals surface area contributed by atoms with E-state index in [1.807, 2.05) is 18.2 Å². The Balaban J connectivity index is 1.51. The number of aryl methyl sites for hydroxylation is 1. The van der Waals surface area contributed by atoms with E-state index >= 15 is 0 Å². The lowest BCUT2D eigenvalue weighted by Gasteiger charge is -2.31. The van der Waals surface area contributed by atoms with Crippen molar-refractivity contribution < 1.29 is 0 Å². The number of halogens is 1. The summed E-state index contributed by atoms with van der Waals surface area (Å²) in [6, 6.07) is 7.96. The lowest BCUT2D eigenvalue weighted by molar-refractivity contribution is 0.601. The molecule has 7 nitrogen and oxygen atoms in total. The highest BCUT2D eigenvalue weighted by Gasteiger charge is 2.28. The molecule has 5 rings (SSSR count). The molecule has 0 bridgehead atoms. The van der Waals surface area contributed by atoms with Crippen LogP contribution < -0.4 is 21.1 Å². The van der Waals surface area contributed by atoms with Crippen LogP contribution in [0.4, 0.5) is 23.1 Å². The number of anilines is 4. The van der Waals surface area contributed by atoms with Crippen LogP contribution in [0.1, 0.15) is 26.2 Å². The third kappa shape index (κ3) is 3.58. The van der Waals surface area contributed by atoms with Crippen LogP contribution >= 0.6 is 11.6 Å². The number of nitrogens with zero attached hydrogens (tertiary/aromatic N) is 4. The first kappa shape index (κ1) is 19.2. The lowest BCUT2D eigenvalue weighted by atomic mass is 10.1. The van der Waals surface area contributed by atoms with Crippen LogP contribution in [0, 0.1) is 5.92 Å². The molecule has 0 amide bonds. The predicted molar refractivity (Wildman–Crippen MR) is 122 cm³/mol. The second kappa shape index (κ2) is 7.47. The summed E-state index contributed by atoms with van der Waals surface area (Å²) < 4.78 is 1.67. The van der Waals surface area contributed by atoms with Crippen molar-refractivity contribution in [2.45, 2.75) is 32.2 Å². The molecule has 2 aromatic heterocycles. The monoisotopic (exact) mass is 424 g/mol. The summed E-state index contributed by atoms with van der Waals surface area (Å²) in [4.78, 5) is 23.5. The van der Waals surface area contributed by atoms with E-state index in [2.05, 4.69) is 32.4 Å². The minimum Gasteiger partial charge on any atom is -0.382 e. The third-order valence-corrected chi connectivity index (χ3v) is 6.37. The van der Waals surface area contributed by atoms with Crippen LogP contribution in [-0.4, -0.2) is 33.7 Å². The van der Waals surface area contributed by atoms with E-state index in [1.54, 1.807) is 23.9 Å². The Morgan fingerprint density at radius 2 is 2.03 bits per heavy atom. The minimum absolute atomic E-state index is 0.0215. The number of aromatic nitrogens is 3. The normalized spacial score (nSPS) is 17.0. The molecular weight excluding hydrogens is 400 g/mol. The van der Waals surface area contributed by atoms with Crippen molar-refractivity contribution in [2.24, 2.45) is 13.0 Å². The molecule has 2 aliphatic rings. The molecule has 2 N–H and O–H groups in total. The Bertz CT molecular complexity index is 1170. The number of benzene rings is 1. The molecule has 1 aliphatic carbocycles. The van der Waals surface area contributed by atoms with Crippen molar-refractivity contribution >= 4 is 45.6 Å². The molecule has 3 heterocycles. The van der Waals surface area contributed by atoms with Crippen molar-refractivity contribution in [1.29, 1.82) is 0 Å². The van der Waals surface area contributed by atoms with Gasteiger partial charge in [-0.3, -0.25) is 4.79 Å². The van der Waals surface area contributed by atoms with Gasteiger partial charge in [0, 0.05) is 49.0 Å². The molecule has 1 saturated heterocycles. The third-order valence-electron chi connectivity index (χ3n) is 6.09. The van der Waals surface area contributed by atoms with E-state index in [4.69, 9.17) is 11.6 Å². The molecule has 1 saturated carbocycles. The SMILES string of the molecule is C[C@@H](Nc1cc(=O)n(C)c2ccc(Nc3nc(N4CCC4)ncc3Cl)cc12)C1CC1. The van der Waals surface area contributed by atoms with E-state index in [0.29, 0.717) is 28.7 Å². The molecule has 1 aliphatic heterocycles. The first-order valence-corrected chi connectivity index (χ1v) is 10.8. The average Bonchev–Trinajstić information content (AvgIpc) is 3.52. The molecule has 0 spiro atoms. The smallest absolute Gasteiger partial charge is 0.252 e. The fraction of sp³-hybridized carbons (Fsp3) is 0.409. The van der Waals surface area contributed by atoms with Crippen LogP contribution in [0.15, 0.2) is 35.3 Å². The molecule has 1 atom stereocenters. The summed E-state index contributed by atoms with van der Waals surface area (Å²) in [5.41, 5.74) is 2.59. The van der Waals surface area contributed by atoms with Crippen LogP contribution in [0.3, 0.4) is 0 Å². The highest BCUT2D eigenvalue weighted by molar-refractivity contribution is 6.32. The topological polar surface area (TPSA) is 75.1 Å². The highest BCUT2D eigenvalue weighted by atomic mass is 35.5. The largest absolute Gasteiger partial charge is 0.382 e. The summed E-state index contributed by atoms with van der Waals surface area (Å²) in [6.45, 7) is 4.12. The fourth-order valence-electron chi connectivity index (χ4n) is 3.87. The van der Waals surface area contributed by atoms with E-state index < -0.39 is 0 Å². The molecule has 0 radical (unpaired) electrons. The number of pyridine rings is 1. The van der Waals surface area contributed by atoms with Gasteiger partial charge in [0.15, 0.2) is 5.82 Å². The molecule has 2 fully saturated rings. The van der Waals surface area contributed by atoms with E-state index in [9.17, 15) is 4.79 Å². The standard InChI is InChI=1S/C22H25ClN6O/c1-13(14-4-5-14)25-18-11-20(30)28(2)19-7-6-15(10-16(18)19)26-21-17(23)12-24-22(27-21)29-8-3-9-29/h6-7,10-14,25H,3-5,8-9H2,1-2H3,(H,24,26,27)/t13-/m1/s1. The van der Waals surface area contributed by atoms with Crippen molar-refractivity contribution in [1.82, 2.24) is 14.5 Å². The zero-order chi connectivity index (χ0) is 20.8. The van der Waals surface area contributed by atoms with Gasteiger partial charge in [0.25, 0.3) is 5.56 Å². The van der Waals surface area contributed by atoms with Gasteiger partial charge < -0.3 is 20.1 Å². The number of nitrogens with one attached hydrogen (secondary N) is 2. The zero-order valence-electron chi connectivity index (χ0n) is 17.2. The molecular formula is C22H25ClN6O. The van der Waals surface area contributed by atoms with Crippen LogP contribution in [0.5, 0.6) is 0 Å². The van der Waals surface area contributed by atoms with Crippen LogP contribution in [0.25, 0.3) is 10.9 Å². The van der Waals surface area contributed by atoms with Crippen molar-refractivity contribution in [3.05, 3.63) is 45.8 Å². The summed E-state index contributed by atoms with van der Waals surface area (Å²) in [6.07, 6.45) is 5.29. The summed E-state index contributed by atoms with van der Waals surface area (Å²) in [7, 11) is 1.80. The number of rotatable bonds is 6. The van der Waals surface area contributed by atoms with Gasteiger partial charge in [0.05, 0.1) is 11.7 Å². The quantitative estimate of drug-likeness (QED) is 0.619. The number of fused-ring (bicyclic) bond motifs is 1. The summed E-state index contributed by atoms with van der Waals surface area (Å²) >= 11 is 6.35. The van der Waals surface area contributed by atoms with Crippen molar-refractivity contribution in [3.8, 4) is 0 Å². The number of hydrogen-bond acceptors (Lipinski definition) is 6. The van der Waals surface area contributed by atoms with Gasteiger partial charge in [-0.25, -0.2) is 4.98 Å². The molecule has 0 unspecified atom stereocenters. The Labute approximate surface area is 180 Å². The fourth-order valence-corrected chi connectivity index (χ4v) is 4.01. The average molecular weight is 425 g/mol. The van der Waals surface area contributed by atoms with Gasteiger partial charge in [-0.2, -0.15) is 4.98 Å². The van der Waals surface area contributed by atoms with E-state index in [-0.39, 0.29) is 5.56 Å². The van der Waals surface area contributed by atoms with Gasteiger partial charge in [-0.1, -0.05) is 11.6 Å². The van der Waals surface area contributed by atoms with Gasteiger partial charge in [0.1, 0.15) is 5.02 Å². The van der Waals surface area contributed by atoms with E-state index in [1.165, 1.54) is 12.8 Å². The van der Waals surface area contributed by atoms with Crippen LogP contribution in [0.2, 0.25) is 5.02 Å². The van der Waals surface area contributed by atoms with Crippen molar-refractivity contribution in [2.75, 3.05) is 28.6 Å². The number of hydrogen-bond donors (Lipinski definition) is 2. The first-order valence-electron chi connectivity index (χ1n) is 10.4. The molecule has 1 aromatic carbocycles. The second-order valence-electron chi connectivity index (χ2n) is 8.29. The maximum Gasteiger partial charge on any atom is 0.252 e. The van der Waals surface area contributed by atoms with Crippen molar-refractivity contribution in [3.63, 3.8) is 0 Å². The predicted octanol–water partition coefficient (Wildman–Crippen LogP) is 4.15. The zero-order valence-corrected chi connectivity index (χ0v) is 17.9. The maximum atomic E-state index is 12.4. The van der Waals surface area contributed by atoms with Gasteiger partial charge in [-0.05, 0) is 50.3 Å². The molecule has 156 valence electrons. The van der Waals surface area contributed by atoms with Crippen LogP contribution in [-0.2, 0) is 7.05 Å². The molecule has 30 heavy (non-hydrogen) atoms. The maximum absolute atomic E-state index is 12.4. The molecule has 3 aromatic rings. The minimum atomic E-state index is -0.0215. The Morgan fingerprint density at radius 1 is 1.23 bits per heavy atom. The Hall–Kier alpha value is -2.80. The highest BCUT2D eigenvalue weighted by Crippen LogP contribution is 2.35. The second-order valence-corrected chi connectivity index (χ2v) is 8.70. The first-order chi connectivity index (χ1) is 14.5. The lowest BCUT2D eigenvalue weighted by Crippen LogP contribution is -2.38. The molecule has 8 heteroatoms. The Morgan fingerprint density at radius 3 is 2.73 bits per heavy atom. The van der Waals surface area contributed by atoms with Gasteiger partial charge >= 0.3 is 0 Å². The van der Waals surface area contributed by atoms with E-state index in [0.717, 1.165) is 41.8 Å². The summed E-state index contributed by atoms with van der Waals surface area (Å²) in [5.74, 6) is 1.96. The Kier molecular flexibility index (Phi) is 4.77.